The first-order valence-electron chi connectivity index (χ1n) is 10.2. The van der Waals surface area contributed by atoms with Crippen molar-refractivity contribution < 1.29 is 22.7 Å². The number of amides is 1. The Labute approximate surface area is 183 Å². The normalized spacial score (nSPS) is 15.4. The summed E-state index contributed by atoms with van der Waals surface area (Å²) in [6.45, 7) is 8.43. The van der Waals surface area contributed by atoms with Gasteiger partial charge in [0.2, 0.25) is 10.0 Å². The van der Waals surface area contributed by atoms with E-state index in [0.29, 0.717) is 28.5 Å². The Balaban J connectivity index is 1.79. The summed E-state index contributed by atoms with van der Waals surface area (Å²) in [4.78, 5) is 15.0. The van der Waals surface area contributed by atoms with Gasteiger partial charge >= 0.3 is 0 Å². The summed E-state index contributed by atoms with van der Waals surface area (Å²) in [7, 11) is -0.704. The summed E-state index contributed by atoms with van der Waals surface area (Å²) in [5, 5.41) is 4.41. The molecule has 2 aromatic rings. The third-order valence-corrected chi connectivity index (χ3v) is 7.66. The lowest BCUT2D eigenvalue weighted by molar-refractivity contribution is 0.0693. The van der Waals surface area contributed by atoms with E-state index in [2.05, 4.69) is 5.10 Å². The summed E-state index contributed by atoms with van der Waals surface area (Å²) in [5.41, 5.74) is 1.51. The minimum absolute atomic E-state index is 0.0648. The highest BCUT2D eigenvalue weighted by molar-refractivity contribution is 7.89. The van der Waals surface area contributed by atoms with E-state index in [1.54, 1.807) is 41.6 Å². The summed E-state index contributed by atoms with van der Waals surface area (Å²) < 4.78 is 40.5. The molecule has 0 spiro atoms. The van der Waals surface area contributed by atoms with Gasteiger partial charge in [0.1, 0.15) is 4.90 Å². The Hall–Kier alpha value is -2.59. The number of hydrogen-bond acceptors (Lipinski definition) is 6. The molecular formula is C21H30N4O5S. The zero-order valence-corrected chi connectivity index (χ0v) is 19.7. The maximum atomic E-state index is 13.3. The zero-order chi connectivity index (χ0) is 22.9. The smallest absolute Gasteiger partial charge is 0.257 e. The van der Waals surface area contributed by atoms with Gasteiger partial charge in [-0.25, -0.2) is 8.42 Å². The second-order valence-corrected chi connectivity index (χ2v) is 9.65. The fraction of sp³-hybridized carbons (Fsp3) is 0.524. The maximum Gasteiger partial charge on any atom is 0.257 e. The molecule has 1 saturated heterocycles. The maximum absolute atomic E-state index is 13.3. The second-order valence-electron chi connectivity index (χ2n) is 7.78. The first kappa shape index (κ1) is 23.1. The van der Waals surface area contributed by atoms with Crippen LogP contribution in [0, 0.1) is 13.8 Å². The lowest BCUT2D eigenvalue weighted by Gasteiger charge is -2.34. The number of para-hydroxylation sites is 1. The van der Waals surface area contributed by atoms with Gasteiger partial charge in [-0.15, -0.1) is 0 Å². The fourth-order valence-electron chi connectivity index (χ4n) is 4.01. The average Bonchev–Trinajstić information content (AvgIpc) is 3.07. The van der Waals surface area contributed by atoms with E-state index in [-0.39, 0.29) is 43.0 Å². The third kappa shape index (κ3) is 4.14. The number of ether oxygens (including phenoxy) is 2. The topological polar surface area (TPSA) is 94.0 Å². The minimum Gasteiger partial charge on any atom is -0.493 e. The fourth-order valence-corrected chi connectivity index (χ4v) is 5.79. The summed E-state index contributed by atoms with van der Waals surface area (Å²) in [6.07, 6.45) is 0. The van der Waals surface area contributed by atoms with Crippen molar-refractivity contribution in [2.45, 2.75) is 38.6 Å². The molecule has 10 heteroatoms. The molecule has 1 aliphatic heterocycles. The van der Waals surface area contributed by atoms with Crippen molar-refractivity contribution in [3.05, 3.63) is 35.2 Å². The highest BCUT2D eigenvalue weighted by Crippen LogP contribution is 2.32. The molecule has 0 unspecified atom stereocenters. The van der Waals surface area contributed by atoms with Crippen molar-refractivity contribution in [3.8, 4) is 11.5 Å². The molecule has 31 heavy (non-hydrogen) atoms. The highest BCUT2D eigenvalue weighted by Gasteiger charge is 2.35. The van der Waals surface area contributed by atoms with Gasteiger partial charge in [0.05, 0.1) is 31.2 Å². The first-order valence-corrected chi connectivity index (χ1v) is 11.6. The van der Waals surface area contributed by atoms with E-state index in [0.717, 1.165) is 0 Å². The molecule has 0 N–H and O–H groups in total. The molecule has 0 bridgehead atoms. The number of methoxy groups -OCH3 is 2. The molecule has 9 nitrogen and oxygen atoms in total. The van der Waals surface area contributed by atoms with Gasteiger partial charge in [-0.3, -0.25) is 9.48 Å². The molecule has 1 aromatic carbocycles. The van der Waals surface area contributed by atoms with E-state index in [4.69, 9.17) is 9.47 Å². The molecule has 2 heterocycles. The number of aryl methyl sites for hydroxylation is 1. The minimum atomic E-state index is -3.71. The zero-order valence-electron chi connectivity index (χ0n) is 18.9. The number of rotatable bonds is 6. The SMILES string of the molecule is COc1cccc(C(=O)N2CCN(S(=O)(=O)c3c(C)nn(C(C)C)c3C)CC2)c1OC. The van der Waals surface area contributed by atoms with Crippen LogP contribution in [0.5, 0.6) is 11.5 Å². The lowest BCUT2D eigenvalue weighted by atomic mass is 10.1. The number of carbonyl (C=O) groups is 1. The Kier molecular flexibility index (Phi) is 6.61. The van der Waals surface area contributed by atoms with Crippen LogP contribution in [0.25, 0.3) is 0 Å². The van der Waals surface area contributed by atoms with Gasteiger partial charge in [0.25, 0.3) is 5.91 Å². The van der Waals surface area contributed by atoms with Crippen molar-refractivity contribution in [2.75, 3.05) is 40.4 Å². The van der Waals surface area contributed by atoms with E-state index < -0.39 is 10.0 Å². The third-order valence-electron chi connectivity index (χ3n) is 5.50. The quantitative estimate of drug-likeness (QED) is 0.670. The van der Waals surface area contributed by atoms with E-state index in [1.807, 2.05) is 13.8 Å². The van der Waals surface area contributed by atoms with Crippen LogP contribution >= 0.6 is 0 Å². The number of hydrogen-bond donors (Lipinski definition) is 0. The van der Waals surface area contributed by atoms with Gasteiger partial charge in [0, 0.05) is 32.2 Å². The van der Waals surface area contributed by atoms with Crippen LogP contribution in [0.4, 0.5) is 0 Å². The van der Waals surface area contributed by atoms with Crippen LogP contribution in [0.1, 0.15) is 41.6 Å². The molecule has 1 aromatic heterocycles. The van der Waals surface area contributed by atoms with Crippen molar-refractivity contribution in [1.29, 1.82) is 0 Å². The molecular weight excluding hydrogens is 420 g/mol. The number of piperazine rings is 1. The number of nitrogens with zero attached hydrogens (tertiary/aromatic N) is 4. The van der Waals surface area contributed by atoms with Gasteiger partial charge in [0.15, 0.2) is 11.5 Å². The van der Waals surface area contributed by atoms with Gasteiger partial charge in [-0.2, -0.15) is 9.40 Å². The molecule has 0 radical (unpaired) electrons. The average molecular weight is 451 g/mol. The van der Waals surface area contributed by atoms with Gasteiger partial charge in [-0.05, 0) is 39.8 Å². The molecule has 170 valence electrons. The van der Waals surface area contributed by atoms with Crippen molar-refractivity contribution in [2.24, 2.45) is 0 Å². The van der Waals surface area contributed by atoms with Crippen molar-refractivity contribution in [1.82, 2.24) is 19.0 Å². The number of carbonyl (C=O) groups excluding carboxylic acids is 1. The van der Waals surface area contributed by atoms with E-state index >= 15 is 0 Å². The van der Waals surface area contributed by atoms with Gasteiger partial charge in [-0.1, -0.05) is 6.07 Å². The highest BCUT2D eigenvalue weighted by atomic mass is 32.2. The van der Waals surface area contributed by atoms with Crippen molar-refractivity contribution in [3.63, 3.8) is 0 Å². The summed E-state index contributed by atoms with van der Waals surface area (Å²) in [6, 6.07) is 5.20. The van der Waals surface area contributed by atoms with Crippen LogP contribution in [0.3, 0.4) is 0 Å². The molecule has 1 amide bonds. The largest absolute Gasteiger partial charge is 0.493 e. The van der Waals surface area contributed by atoms with Crippen LogP contribution in [-0.4, -0.2) is 73.7 Å². The van der Waals surface area contributed by atoms with Crippen molar-refractivity contribution >= 4 is 15.9 Å². The van der Waals surface area contributed by atoms with Crippen LogP contribution < -0.4 is 9.47 Å². The molecule has 0 saturated carbocycles. The predicted octanol–water partition coefficient (Wildman–Crippen LogP) is 2.24. The lowest BCUT2D eigenvalue weighted by Crippen LogP contribution is -2.50. The number of sulfonamides is 1. The Morgan fingerprint density at radius 3 is 2.23 bits per heavy atom. The molecule has 0 aliphatic carbocycles. The summed E-state index contributed by atoms with van der Waals surface area (Å²) >= 11 is 0. The van der Waals surface area contributed by atoms with Gasteiger partial charge < -0.3 is 14.4 Å². The summed E-state index contributed by atoms with van der Waals surface area (Å²) in [5.74, 6) is 0.632. The second kappa shape index (κ2) is 8.88. The Morgan fingerprint density at radius 2 is 1.71 bits per heavy atom. The van der Waals surface area contributed by atoms with Crippen LogP contribution in [0.15, 0.2) is 23.1 Å². The monoisotopic (exact) mass is 450 g/mol. The number of benzene rings is 1. The predicted molar refractivity (Wildman–Crippen MR) is 116 cm³/mol. The molecule has 1 fully saturated rings. The van der Waals surface area contributed by atoms with Crippen LogP contribution in [-0.2, 0) is 10.0 Å². The number of aromatic nitrogens is 2. The standard InChI is InChI=1S/C21H30N4O5S/c1-14(2)25-16(4)20(15(3)22-25)31(27,28)24-12-10-23(11-13-24)21(26)17-8-7-9-18(29-5)19(17)30-6/h7-9,14H,10-13H2,1-6H3. The van der Waals surface area contributed by atoms with E-state index in [9.17, 15) is 13.2 Å². The molecule has 3 rings (SSSR count). The van der Waals surface area contributed by atoms with E-state index in [1.165, 1.54) is 18.5 Å². The Bertz CT molecular complexity index is 1070. The van der Waals surface area contributed by atoms with Crippen LogP contribution in [0.2, 0.25) is 0 Å². The first-order chi connectivity index (χ1) is 14.6. The molecule has 0 atom stereocenters. The Morgan fingerprint density at radius 1 is 1.06 bits per heavy atom. The molecule has 1 aliphatic rings.